The van der Waals surface area contributed by atoms with Gasteiger partial charge in [0, 0.05) is 0 Å². The lowest BCUT2D eigenvalue weighted by molar-refractivity contribution is -0.229. The second-order valence-corrected chi connectivity index (χ2v) is 10.9. The molecule has 0 unspecified atom stereocenters. The Morgan fingerprint density at radius 1 is 1.06 bits per heavy atom. The molecule has 0 aliphatic carbocycles. The molecule has 2 aromatic carbocycles. The van der Waals surface area contributed by atoms with Crippen molar-refractivity contribution >= 4 is 9.84 Å². The van der Waals surface area contributed by atoms with Crippen molar-refractivity contribution in [2.24, 2.45) is 0 Å². The second kappa shape index (κ2) is 9.32. The van der Waals surface area contributed by atoms with Crippen LogP contribution in [0.25, 0.3) is 0 Å². The molecule has 2 aromatic rings. The predicted octanol–water partition coefficient (Wildman–Crippen LogP) is 2.60. The van der Waals surface area contributed by atoms with E-state index in [1.54, 1.807) is 33.1 Å². The van der Waals surface area contributed by atoms with Crippen LogP contribution in [0.1, 0.15) is 25.0 Å². The molecule has 0 radical (unpaired) electrons. The summed E-state index contributed by atoms with van der Waals surface area (Å²) in [4.78, 5) is 0.148. The van der Waals surface area contributed by atoms with Gasteiger partial charge in [-0.1, -0.05) is 29.8 Å². The van der Waals surface area contributed by atoms with Crippen molar-refractivity contribution < 1.29 is 37.2 Å². The van der Waals surface area contributed by atoms with E-state index < -0.39 is 52.1 Å². The highest BCUT2D eigenvalue weighted by molar-refractivity contribution is 7.91. The number of rotatable bonds is 8. The molecule has 2 aliphatic rings. The first-order valence-electron chi connectivity index (χ1n) is 10.8. The largest absolute Gasteiger partial charge is 0.497 e. The van der Waals surface area contributed by atoms with Crippen LogP contribution in [-0.4, -0.2) is 62.9 Å². The zero-order valence-corrected chi connectivity index (χ0v) is 19.9. The molecule has 0 saturated carbocycles. The Balaban J connectivity index is 1.50. The highest BCUT2D eigenvalue weighted by Gasteiger charge is 2.57. The number of aliphatic hydroxyl groups excluding tert-OH is 1. The fourth-order valence-corrected chi connectivity index (χ4v) is 5.46. The number of fused-ring (bicyclic) bond motifs is 1. The Morgan fingerprint density at radius 2 is 1.73 bits per heavy atom. The molecule has 0 spiro atoms. The lowest BCUT2D eigenvalue weighted by Crippen LogP contribution is -2.45. The van der Waals surface area contributed by atoms with Gasteiger partial charge in [-0.2, -0.15) is 0 Å². The third-order valence-corrected chi connectivity index (χ3v) is 7.55. The lowest BCUT2D eigenvalue weighted by Gasteiger charge is -2.28. The van der Waals surface area contributed by atoms with Crippen LogP contribution in [0.5, 0.6) is 5.75 Å². The Kier molecular flexibility index (Phi) is 6.82. The molecule has 5 atom stereocenters. The number of methoxy groups -OCH3 is 1. The molecule has 180 valence electrons. The van der Waals surface area contributed by atoms with Crippen molar-refractivity contribution in [3.8, 4) is 5.75 Å². The first-order chi connectivity index (χ1) is 15.6. The van der Waals surface area contributed by atoms with E-state index in [2.05, 4.69) is 0 Å². The van der Waals surface area contributed by atoms with Gasteiger partial charge in [0.15, 0.2) is 21.9 Å². The predicted molar refractivity (Wildman–Crippen MR) is 120 cm³/mol. The average Bonchev–Trinajstić information content (AvgIpc) is 3.24. The summed E-state index contributed by atoms with van der Waals surface area (Å²) in [6, 6.07) is 13.9. The van der Waals surface area contributed by atoms with Crippen LogP contribution >= 0.6 is 0 Å². The van der Waals surface area contributed by atoms with Crippen molar-refractivity contribution in [2.45, 2.75) is 68.8 Å². The maximum atomic E-state index is 12.9. The molecule has 0 aromatic heterocycles. The average molecular weight is 479 g/mol. The van der Waals surface area contributed by atoms with Gasteiger partial charge >= 0.3 is 0 Å². The molecule has 1 N–H and O–H groups in total. The smallest absolute Gasteiger partial charge is 0.190 e. The Hall–Kier alpha value is -2.01. The van der Waals surface area contributed by atoms with Crippen LogP contribution in [-0.2, 0) is 35.4 Å². The van der Waals surface area contributed by atoms with E-state index in [-0.39, 0.29) is 11.5 Å². The van der Waals surface area contributed by atoms with E-state index in [0.29, 0.717) is 0 Å². The van der Waals surface area contributed by atoms with E-state index in [0.717, 1.165) is 16.9 Å². The molecule has 2 aliphatic heterocycles. The zero-order chi connectivity index (χ0) is 23.8. The van der Waals surface area contributed by atoms with Crippen LogP contribution in [0, 0.1) is 6.92 Å². The molecule has 0 bridgehead atoms. The first kappa shape index (κ1) is 24.1. The summed E-state index contributed by atoms with van der Waals surface area (Å²) in [6.07, 6.45) is -4.35. The van der Waals surface area contributed by atoms with Crippen molar-refractivity contribution in [3.05, 3.63) is 59.7 Å². The van der Waals surface area contributed by atoms with Gasteiger partial charge in [0.05, 0.1) is 30.5 Å². The molecule has 2 fully saturated rings. The first-order valence-corrected chi connectivity index (χ1v) is 12.5. The number of ether oxygens (including phenoxy) is 5. The van der Waals surface area contributed by atoms with E-state index >= 15 is 0 Å². The fraction of sp³-hybridized carbons (Fsp3) is 0.500. The van der Waals surface area contributed by atoms with Crippen LogP contribution in [0.3, 0.4) is 0 Å². The zero-order valence-electron chi connectivity index (χ0n) is 19.1. The van der Waals surface area contributed by atoms with Crippen molar-refractivity contribution in [3.63, 3.8) is 0 Å². The standard InChI is InChI=1S/C24H30O8S/c1-15-5-11-18(12-6-15)33(26,27)14-19(25)20-21(22-23(30-20)32-24(2,3)31-22)29-13-16-7-9-17(28-4)10-8-16/h5-12,19-23,25H,13-14H2,1-4H3/t19-,20+,21-,22+,23+/m0/s1. The number of aliphatic hydroxyl groups is 1. The minimum absolute atomic E-state index is 0.148. The van der Waals surface area contributed by atoms with Gasteiger partial charge in [0.2, 0.25) is 0 Å². The number of hydrogen-bond donors (Lipinski definition) is 1. The van der Waals surface area contributed by atoms with Crippen LogP contribution in [0.4, 0.5) is 0 Å². The van der Waals surface area contributed by atoms with E-state index in [1.807, 2.05) is 31.2 Å². The van der Waals surface area contributed by atoms with E-state index in [9.17, 15) is 13.5 Å². The van der Waals surface area contributed by atoms with Crippen LogP contribution in [0.15, 0.2) is 53.4 Å². The van der Waals surface area contributed by atoms with Gasteiger partial charge in [-0.05, 0) is 50.6 Å². The van der Waals surface area contributed by atoms with E-state index in [4.69, 9.17) is 23.7 Å². The number of aryl methyl sites for hydroxylation is 1. The highest BCUT2D eigenvalue weighted by atomic mass is 32.2. The molecule has 9 heteroatoms. The molecular weight excluding hydrogens is 448 g/mol. The molecular formula is C24H30O8S. The van der Waals surface area contributed by atoms with Crippen molar-refractivity contribution in [1.29, 1.82) is 0 Å². The quantitative estimate of drug-likeness (QED) is 0.618. The minimum atomic E-state index is -3.74. The fourth-order valence-electron chi connectivity index (χ4n) is 4.08. The number of hydrogen-bond acceptors (Lipinski definition) is 8. The maximum absolute atomic E-state index is 12.9. The molecule has 2 heterocycles. The summed E-state index contributed by atoms with van der Waals surface area (Å²) < 4.78 is 54.7. The summed E-state index contributed by atoms with van der Waals surface area (Å²) in [5, 5.41) is 10.9. The summed E-state index contributed by atoms with van der Waals surface area (Å²) in [6.45, 7) is 5.63. The lowest BCUT2D eigenvalue weighted by atomic mass is 10.1. The Labute approximate surface area is 194 Å². The number of benzene rings is 2. The van der Waals surface area contributed by atoms with Gasteiger partial charge in [-0.25, -0.2) is 8.42 Å². The molecule has 2 saturated heterocycles. The van der Waals surface area contributed by atoms with Crippen LogP contribution < -0.4 is 4.74 Å². The van der Waals surface area contributed by atoms with Gasteiger partial charge in [0.25, 0.3) is 0 Å². The molecule has 0 amide bonds. The maximum Gasteiger partial charge on any atom is 0.190 e. The second-order valence-electron chi connectivity index (χ2n) is 8.85. The SMILES string of the molecule is COc1ccc(CO[C@@H]2[C@H]3OC(C)(C)O[C@H]3O[C@@H]2[C@@H](O)CS(=O)(=O)c2ccc(C)cc2)cc1. The third kappa shape index (κ3) is 5.40. The van der Waals surface area contributed by atoms with Crippen LogP contribution in [0.2, 0.25) is 0 Å². The Morgan fingerprint density at radius 3 is 2.36 bits per heavy atom. The van der Waals surface area contributed by atoms with Gasteiger partial charge in [0.1, 0.15) is 24.1 Å². The summed E-state index contributed by atoms with van der Waals surface area (Å²) in [5.41, 5.74) is 1.84. The van der Waals surface area contributed by atoms with Gasteiger partial charge in [-0.15, -0.1) is 0 Å². The van der Waals surface area contributed by atoms with Crippen molar-refractivity contribution in [1.82, 2.24) is 0 Å². The summed E-state index contributed by atoms with van der Waals surface area (Å²) >= 11 is 0. The monoisotopic (exact) mass is 478 g/mol. The molecule has 8 nitrogen and oxygen atoms in total. The topological polar surface area (TPSA) is 101 Å². The molecule has 33 heavy (non-hydrogen) atoms. The highest BCUT2D eigenvalue weighted by Crippen LogP contribution is 2.40. The summed E-state index contributed by atoms with van der Waals surface area (Å²) in [5.74, 6) is -0.653. The normalized spacial score (nSPS) is 27.3. The van der Waals surface area contributed by atoms with Gasteiger partial charge < -0.3 is 28.8 Å². The number of sulfone groups is 1. The summed E-state index contributed by atoms with van der Waals surface area (Å²) in [7, 11) is -2.14. The van der Waals surface area contributed by atoms with Gasteiger partial charge in [-0.3, -0.25) is 0 Å². The minimum Gasteiger partial charge on any atom is -0.497 e. The molecule has 4 rings (SSSR count). The van der Waals surface area contributed by atoms with E-state index in [1.165, 1.54) is 12.1 Å². The Bertz CT molecular complexity index is 1050. The van der Waals surface area contributed by atoms with Crippen molar-refractivity contribution in [2.75, 3.05) is 12.9 Å². The third-order valence-electron chi connectivity index (χ3n) is 5.78.